The Morgan fingerprint density at radius 2 is 2.00 bits per heavy atom. The molecular formula is C16H28N4O. The lowest BCUT2D eigenvalue weighted by atomic mass is 10.0. The van der Waals surface area contributed by atoms with Gasteiger partial charge in [0, 0.05) is 32.3 Å². The maximum atomic E-state index is 6.00. The zero-order valence-electron chi connectivity index (χ0n) is 13.6. The molecule has 2 rings (SSSR count). The van der Waals surface area contributed by atoms with Crippen LogP contribution < -0.4 is 10.6 Å². The third-order valence-corrected chi connectivity index (χ3v) is 4.25. The van der Waals surface area contributed by atoms with Gasteiger partial charge in [-0.3, -0.25) is 0 Å². The molecular weight excluding hydrogens is 264 g/mol. The van der Waals surface area contributed by atoms with E-state index in [0.717, 1.165) is 49.5 Å². The van der Waals surface area contributed by atoms with Crippen molar-refractivity contribution < 1.29 is 4.74 Å². The molecule has 0 spiro atoms. The molecule has 0 aromatic carbocycles. The molecule has 0 saturated carbocycles. The first-order valence-corrected chi connectivity index (χ1v) is 8.11. The van der Waals surface area contributed by atoms with Gasteiger partial charge in [0.15, 0.2) is 5.82 Å². The van der Waals surface area contributed by atoms with Gasteiger partial charge in [-0.15, -0.1) is 5.10 Å². The molecule has 1 aliphatic heterocycles. The highest BCUT2D eigenvalue weighted by molar-refractivity contribution is 5.51. The lowest BCUT2D eigenvalue weighted by Gasteiger charge is -2.29. The van der Waals surface area contributed by atoms with E-state index in [9.17, 15) is 0 Å². The minimum atomic E-state index is 0.298. The maximum absolute atomic E-state index is 6.00. The maximum Gasteiger partial charge on any atom is 0.155 e. The number of anilines is 1. The number of nitrogens with zero attached hydrogens (tertiary/aromatic N) is 3. The van der Waals surface area contributed by atoms with Gasteiger partial charge in [-0.1, -0.05) is 13.8 Å². The Morgan fingerprint density at radius 1 is 1.19 bits per heavy atom. The van der Waals surface area contributed by atoms with Crippen LogP contribution in [0.5, 0.6) is 0 Å². The van der Waals surface area contributed by atoms with Gasteiger partial charge >= 0.3 is 0 Å². The van der Waals surface area contributed by atoms with E-state index in [1.54, 1.807) is 0 Å². The highest BCUT2D eigenvalue weighted by Crippen LogP contribution is 2.24. The molecule has 2 N–H and O–H groups in total. The SMILES string of the molecule is CCc1nnc(N(C)CC2CCCCO2)c(CN)c1CC. The summed E-state index contributed by atoms with van der Waals surface area (Å²) in [6.45, 7) is 6.52. The van der Waals surface area contributed by atoms with Crippen molar-refractivity contribution in [2.45, 2.75) is 58.6 Å². The molecule has 118 valence electrons. The molecule has 1 aromatic rings. The largest absolute Gasteiger partial charge is 0.376 e. The van der Waals surface area contributed by atoms with Crippen molar-refractivity contribution in [2.75, 3.05) is 25.1 Å². The molecule has 0 bridgehead atoms. The Morgan fingerprint density at radius 3 is 2.57 bits per heavy atom. The van der Waals surface area contributed by atoms with Gasteiger partial charge in [0.05, 0.1) is 11.8 Å². The molecule has 1 atom stereocenters. The quantitative estimate of drug-likeness (QED) is 0.869. The van der Waals surface area contributed by atoms with Crippen LogP contribution in [-0.4, -0.2) is 36.5 Å². The van der Waals surface area contributed by atoms with E-state index in [2.05, 4.69) is 36.0 Å². The molecule has 0 amide bonds. The van der Waals surface area contributed by atoms with Crippen LogP contribution in [0.3, 0.4) is 0 Å². The molecule has 21 heavy (non-hydrogen) atoms. The Hall–Kier alpha value is -1.20. The summed E-state index contributed by atoms with van der Waals surface area (Å²) in [6, 6.07) is 0. The second kappa shape index (κ2) is 7.71. The summed E-state index contributed by atoms with van der Waals surface area (Å²) in [6.07, 6.45) is 5.71. The van der Waals surface area contributed by atoms with Crippen molar-refractivity contribution >= 4 is 5.82 Å². The third kappa shape index (κ3) is 3.71. The molecule has 0 aliphatic carbocycles. The average Bonchev–Trinajstić information content (AvgIpc) is 2.53. The zero-order chi connectivity index (χ0) is 15.2. The number of hydrogen-bond donors (Lipinski definition) is 1. The van der Waals surface area contributed by atoms with E-state index in [0.29, 0.717) is 12.6 Å². The summed E-state index contributed by atoms with van der Waals surface area (Å²) in [5, 5.41) is 8.84. The number of hydrogen-bond acceptors (Lipinski definition) is 5. The number of aromatic nitrogens is 2. The van der Waals surface area contributed by atoms with Crippen molar-refractivity contribution in [1.82, 2.24) is 10.2 Å². The molecule has 5 heteroatoms. The molecule has 1 unspecified atom stereocenters. The van der Waals surface area contributed by atoms with Crippen LogP contribution in [0.2, 0.25) is 0 Å². The third-order valence-electron chi connectivity index (χ3n) is 4.25. The minimum Gasteiger partial charge on any atom is -0.376 e. The van der Waals surface area contributed by atoms with Gasteiger partial charge in [-0.2, -0.15) is 5.10 Å². The number of aryl methyl sites for hydroxylation is 1. The normalized spacial score (nSPS) is 18.8. The second-order valence-corrected chi connectivity index (χ2v) is 5.71. The van der Waals surface area contributed by atoms with Crippen LogP contribution in [0.1, 0.15) is 49.9 Å². The monoisotopic (exact) mass is 292 g/mol. The fourth-order valence-electron chi connectivity index (χ4n) is 3.10. The number of likely N-dealkylation sites (N-methyl/N-ethyl adjacent to an activating group) is 1. The van der Waals surface area contributed by atoms with Gasteiger partial charge in [0.25, 0.3) is 0 Å². The van der Waals surface area contributed by atoms with E-state index >= 15 is 0 Å². The van der Waals surface area contributed by atoms with Crippen LogP contribution in [-0.2, 0) is 24.1 Å². The smallest absolute Gasteiger partial charge is 0.155 e. The first-order chi connectivity index (χ1) is 10.2. The van der Waals surface area contributed by atoms with Gasteiger partial charge in [-0.05, 0) is 37.7 Å². The highest BCUT2D eigenvalue weighted by atomic mass is 16.5. The summed E-state index contributed by atoms with van der Waals surface area (Å²) >= 11 is 0. The predicted molar refractivity (Wildman–Crippen MR) is 85.5 cm³/mol. The Balaban J connectivity index is 2.21. The van der Waals surface area contributed by atoms with Crippen molar-refractivity contribution in [1.29, 1.82) is 0 Å². The van der Waals surface area contributed by atoms with Crippen LogP contribution in [0, 0.1) is 0 Å². The molecule has 2 heterocycles. The number of nitrogens with two attached hydrogens (primary N) is 1. The van der Waals surface area contributed by atoms with E-state index in [1.165, 1.54) is 18.4 Å². The molecule has 1 saturated heterocycles. The van der Waals surface area contributed by atoms with Crippen LogP contribution in [0.15, 0.2) is 0 Å². The van der Waals surface area contributed by atoms with Crippen molar-refractivity contribution in [3.63, 3.8) is 0 Å². The zero-order valence-corrected chi connectivity index (χ0v) is 13.6. The Kier molecular flexibility index (Phi) is 5.94. The van der Waals surface area contributed by atoms with Crippen LogP contribution >= 0.6 is 0 Å². The van der Waals surface area contributed by atoms with E-state index in [4.69, 9.17) is 10.5 Å². The van der Waals surface area contributed by atoms with E-state index in [1.807, 2.05) is 0 Å². The standard InChI is InChI=1S/C16H28N4O/c1-4-13-14(10-17)16(19-18-15(13)5-2)20(3)11-12-8-6-7-9-21-12/h12H,4-11,17H2,1-3H3. The highest BCUT2D eigenvalue weighted by Gasteiger charge is 2.20. The predicted octanol–water partition coefficient (Wildman–Crippen LogP) is 2.07. The second-order valence-electron chi connectivity index (χ2n) is 5.71. The minimum absolute atomic E-state index is 0.298. The first-order valence-electron chi connectivity index (χ1n) is 8.11. The number of rotatable bonds is 6. The summed E-state index contributed by atoms with van der Waals surface area (Å²) in [4.78, 5) is 2.16. The average molecular weight is 292 g/mol. The molecule has 0 radical (unpaired) electrons. The summed E-state index contributed by atoms with van der Waals surface area (Å²) in [7, 11) is 2.06. The van der Waals surface area contributed by atoms with Crippen molar-refractivity contribution in [3.05, 3.63) is 16.8 Å². The lowest BCUT2D eigenvalue weighted by molar-refractivity contribution is 0.0215. The Bertz CT molecular complexity index is 458. The topological polar surface area (TPSA) is 64.3 Å². The summed E-state index contributed by atoms with van der Waals surface area (Å²) in [5.74, 6) is 0.917. The molecule has 1 fully saturated rings. The summed E-state index contributed by atoms with van der Waals surface area (Å²) < 4.78 is 5.82. The van der Waals surface area contributed by atoms with E-state index < -0.39 is 0 Å². The Labute approximate surface area is 127 Å². The van der Waals surface area contributed by atoms with Gasteiger partial charge in [0.2, 0.25) is 0 Å². The first kappa shape index (κ1) is 16.2. The number of ether oxygens (including phenoxy) is 1. The van der Waals surface area contributed by atoms with Gasteiger partial charge < -0.3 is 15.4 Å². The fourth-order valence-corrected chi connectivity index (χ4v) is 3.10. The van der Waals surface area contributed by atoms with Crippen LogP contribution in [0.4, 0.5) is 5.82 Å². The van der Waals surface area contributed by atoms with Crippen molar-refractivity contribution in [3.8, 4) is 0 Å². The van der Waals surface area contributed by atoms with Crippen molar-refractivity contribution in [2.24, 2.45) is 5.73 Å². The van der Waals surface area contributed by atoms with E-state index in [-0.39, 0.29) is 0 Å². The molecule has 5 nitrogen and oxygen atoms in total. The fraction of sp³-hybridized carbons (Fsp3) is 0.750. The molecule has 1 aliphatic rings. The lowest BCUT2D eigenvalue weighted by Crippen LogP contribution is -2.35. The van der Waals surface area contributed by atoms with Gasteiger partial charge in [0.1, 0.15) is 0 Å². The summed E-state index contributed by atoms with van der Waals surface area (Å²) in [5.41, 5.74) is 9.48. The van der Waals surface area contributed by atoms with Crippen LogP contribution in [0.25, 0.3) is 0 Å². The van der Waals surface area contributed by atoms with Gasteiger partial charge in [-0.25, -0.2) is 0 Å². The molecule has 1 aromatic heterocycles.